The highest BCUT2D eigenvalue weighted by Gasteiger charge is 2.18. The molecule has 0 aliphatic carbocycles. The van der Waals surface area contributed by atoms with Gasteiger partial charge in [-0.2, -0.15) is 0 Å². The van der Waals surface area contributed by atoms with Crippen LogP contribution in [0.2, 0.25) is 5.02 Å². The van der Waals surface area contributed by atoms with Gasteiger partial charge in [0.1, 0.15) is 0 Å². The number of thiol groups is 1. The number of carboxylic acids is 1. The number of hydrogen-bond acceptors (Lipinski definition) is 4. The summed E-state index contributed by atoms with van der Waals surface area (Å²) in [7, 11) is -4.00. The highest BCUT2D eigenvalue weighted by atomic mass is 35.5. The molecule has 82 valence electrons. The van der Waals surface area contributed by atoms with Crippen molar-refractivity contribution in [1.29, 1.82) is 0 Å². The van der Waals surface area contributed by atoms with E-state index in [-0.39, 0.29) is 20.4 Å². The molecule has 0 aliphatic heterocycles. The smallest absolute Gasteiger partial charge is 0.337 e. The van der Waals surface area contributed by atoms with Crippen molar-refractivity contribution in [3.8, 4) is 0 Å². The van der Waals surface area contributed by atoms with E-state index < -0.39 is 16.0 Å². The van der Waals surface area contributed by atoms with Gasteiger partial charge in [0.05, 0.1) is 15.5 Å². The van der Waals surface area contributed by atoms with Crippen molar-refractivity contribution in [2.75, 3.05) is 0 Å². The molecule has 3 N–H and O–H groups in total. The first-order valence-electron chi connectivity index (χ1n) is 3.52. The Morgan fingerprint density at radius 2 is 2.00 bits per heavy atom. The number of benzene rings is 1. The molecule has 0 atom stereocenters. The largest absolute Gasteiger partial charge is 0.478 e. The van der Waals surface area contributed by atoms with Gasteiger partial charge in [-0.1, -0.05) is 11.6 Å². The Balaban J connectivity index is 3.58. The topological polar surface area (TPSA) is 97.5 Å². The molecule has 0 radical (unpaired) electrons. The monoisotopic (exact) mass is 267 g/mol. The number of halogens is 1. The van der Waals surface area contributed by atoms with Crippen molar-refractivity contribution >= 4 is 40.2 Å². The van der Waals surface area contributed by atoms with Gasteiger partial charge >= 0.3 is 5.97 Å². The molecular formula is C7H6ClNO4S2. The Hall–Kier alpha value is -0.760. The van der Waals surface area contributed by atoms with Crippen LogP contribution in [-0.2, 0) is 10.0 Å². The zero-order chi connectivity index (χ0) is 11.8. The van der Waals surface area contributed by atoms with Crippen LogP contribution in [0.15, 0.2) is 21.9 Å². The van der Waals surface area contributed by atoms with E-state index in [4.69, 9.17) is 21.8 Å². The number of nitrogens with two attached hydrogens (primary N) is 1. The highest BCUT2D eigenvalue weighted by molar-refractivity contribution is 7.90. The first-order chi connectivity index (χ1) is 6.73. The van der Waals surface area contributed by atoms with Gasteiger partial charge in [-0.3, -0.25) is 0 Å². The fourth-order valence-corrected chi connectivity index (χ4v) is 2.46. The zero-order valence-corrected chi connectivity index (χ0v) is 9.60. The maximum atomic E-state index is 11.0. The van der Waals surface area contributed by atoms with E-state index >= 15 is 0 Å². The van der Waals surface area contributed by atoms with Gasteiger partial charge < -0.3 is 5.11 Å². The Kier molecular flexibility index (Phi) is 3.29. The Bertz CT molecular complexity index is 526. The molecule has 0 spiro atoms. The second-order valence-electron chi connectivity index (χ2n) is 2.65. The van der Waals surface area contributed by atoms with Gasteiger partial charge in [0.15, 0.2) is 0 Å². The Labute approximate surface area is 96.3 Å². The molecular weight excluding hydrogens is 262 g/mol. The number of primary sulfonamides is 1. The van der Waals surface area contributed by atoms with Crippen LogP contribution in [0.5, 0.6) is 0 Å². The van der Waals surface area contributed by atoms with Gasteiger partial charge in [-0.15, -0.1) is 12.6 Å². The van der Waals surface area contributed by atoms with Crippen molar-refractivity contribution < 1.29 is 18.3 Å². The van der Waals surface area contributed by atoms with Crippen LogP contribution in [0.4, 0.5) is 0 Å². The minimum absolute atomic E-state index is 0.00694. The van der Waals surface area contributed by atoms with Crippen LogP contribution in [0, 0.1) is 0 Å². The first-order valence-corrected chi connectivity index (χ1v) is 5.89. The lowest BCUT2D eigenvalue weighted by atomic mass is 10.2. The summed E-state index contributed by atoms with van der Waals surface area (Å²) in [5, 5.41) is 13.5. The van der Waals surface area contributed by atoms with E-state index in [0.717, 1.165) is 12.1 Å². The number of carbonyl (C=O) groups is 1. The maximum Gasteiger partial charge on any atom is 0.337 e. The minimum atomic E-state index is -4.00. The fourth-order valence-electron chi connectivity index (χ4n) is 0.935. The van der Waals surface area contributed by atoms with Gasteiger partial charge in [0.2, 0.25) is 10.0 Å². The van der Waals surface area contributed by atoms with Gasteiger partial charge in [-0.25, -0.2) is 18.4 Å². The van der Waals surface area contributed by atoms with Crippen LogP contribution < -0.4 is 5.14 Å². The van der Waals surface area contributed by atoms with E-state index in [1.54, 1.807) is 0 Å². The minimum Gasteiger partial charge on any atom is -0.478 e. The summed E-state index contributed by atoms with van der Waals surface area (Å²) < 4.78 is 22.1. The van der Waals surface area contributed by atoms with Crippen molar-refractivity contribution in [3.05, 3.63) is 22.7 Å². The van der Waals surface area contributed by atoms with Crippen molar-refractivity contribution in [3.63, 3.8) is 0 Å². The molecule has 0 aliphatic rings. The number of carboxylic acid groups (broad SMARTS) is 1. The summed E-state index contributed by atoms with van der Waals surface area (Å²) in [5.74, 6) is -1.33. The van der Waals surface area contributed by atoms with E-state index in [1.807, 2.05) is 0 Å². The highest BCUT2D eigenvalue weighted by Crippen LogP contribution is 2.26. The normalized spacial score (nSPS) is 11.4. The SMILES string of the molecule is NS(=O)(=O)c1cc(C(=O)O)c(Cl)cc1S. The summed E-state index contributed by atoms with van der Waals surface area (Å²) in [6.07, 6.45) is 0. The molecule has 0 amide bonds. The number of sulfonamides is 1. The van der Waals surface area contributed by atoms with Crippen molar-refractivity contribution in [2.45, 2.75) is 9.79 Å². The zero-order valence-electron chi connectivity index (χ0n) is 7.14. The standard InChI is InChI=1S/C7H6ClNO4S2/c8-4-2-5(14)6(15(9,12)13)1-3(4)7(10)11/h1-2,14H,(H,10,11)(H2,9,12,13). The van der Waals surface area contributed by atoms with Gasteiger partial charge in [0, 0.05) is 4.90 Å². The molecule has 0 saturated carbocycles. The lowest BCUT2D eigenvalue weighted by Crippen LogP contribution is -2.14. The Morgan fingerprint density at radius 3 is 2.40 bits per heavy atom. The van der Waals surface area contributed by atoms with Crippen LogP contribution in [0.3, 0.4) is 0 Å². The van der Waals surface area contributed by atoms with E-state index in [0.29, 0.717) is 0 Å². The fraction of sp³-hybridized carbons (Fsp3) is 0. The third-order valence-corrected chi connectivity index (χ3v) is 3.37. The summed E-state index contributed by atoms with van der Waals surface area (Å²) in [5.41, 5.74) is -0.335. The molecule has 0 bridgehead atoms. The van der Waals surface area contributed by atoms with E-state index in [9.17, 15) is 13.2 Å². The molecule has 1 rings (SSSR count). The molecule has 0 heterocycles. The molecule has 0 aromatic heterocycles. The second-order valence-corrected chi connectivity index (χ2v) is 5.07. The number of hydrogen-bond donors (Lipinski definition) is 3. The Morgan fingerprint density at radius 1 is 1.47 bits per heavy atom. The molecule has 5 nitrogen and oxygen atoms in total. The number of rotatable bonds is 2. The first kappa shape index (κ1) is 12.3. The predicted octanol–water partition coefficient (Wildman–Crippen LogP) is 0.974. The number of aromatic carboxylic acids is 1. The van der Waals surface area contributed by atoms with Crippen LogP contribution in [-0.4, -0.2) is 19.5 Å². The molecule has 0 fully saturated rings. The van der Waals surface area contributed by atoms with E-state index in [1.165, 1.54) is 0 Å². The third-order valence-electron chi connectivity index (χ3n) is 1.59. The van der Waals surface area contributed by atoms with E-state index in [2.05, 4.69) is 12.6 Å². The van der Waals surface area contributed by atoms with Crippen molar-refractivity contribution in [2.24, 2.45) is 5.14 Å². The molecule has 8 heteroatoms. The summed E-state index contributed by atoms with van der Waals surface area (Å²) in [6, 6.07) is 2.00. The molecule has 1 aromatic rings. The van der Waals surface area contributed by atoms with Crippen LogP contribution in [0.25, 0.3) is 0 Å². The lowest BCUT2D eigenvalue weighted by molar-refractivity contribution is 0.0696. The maximum absolute atomic E-state index is 11.0. The van der Waals surface area contributed by atoms with Crippen LogP contribution in [0.1, 0.15) is 10.4 Å². The molecule has 0 saturated heterocycles. The quantitative estimate of drug-likeness (QED) is 0.696. The van der Waals surface area contributed by atoms with Gasteiger partial charge in [-0.05, 0) is 12.1 Å². The average Bonchev–Trinajstić information content (AvgIpc) is 2.00. The molecule has 1 aromatic carbocycles. The summed E-state index contributed by atoms with van der Waals surface area (Å²) in [4.78, 5) is 10.3. The van der Waals surface area contributed by atoms with Gasteiger partial charge in [0.25, 0.3) is 0 Å². The third kappa shape index (κ3) is 2.63. The lowest BCUT2D eigenvalue weighted by Gasteiger charge is -2.05. The second kappa shape index (κ2) is 4.01. The van der Waals surface area contributed by atoms with Crippen LogP contribution >= 0.6 is 24.2 Å². The molecule has 15 heavy (non-hydrogen) atoms. The predicted molar refractivity (Wildman–Crippen MR) is 57.0 cm³/mol. The average molecular weight is 268 g/mol. The molecule has 0 unspecified atom stereocenters. The summed E-state index contributed by atoms with van der Waals surface area (Å²) >= 11 is 9.42. The van der Waals surface area contributed by atoms with Crippen molar-refractivity contribution in [1.82, 2.24) is 0 Å². The summed E-state index contributed by atoms with van der Waals surface area (Å²) in [6.45, 7) is 0.